The minimum absolute atomic E-state index is 0.0128. The van der Waals surface area contributed by atoms with E-state index in [9.17, 15) is 9.59 Å². The van der Waals surface area contributed by atoms with E-state index in [4.69, 9.17) is 4.74 Å². The summed E-state index contributed by atoms with van der Waals surface area (Å²) in [4.78, 5) is 25.2. The van der Waals surface area contributed by atoms with Crippen molar-refractivity contribution in [2.75, 3.05) is 20.2 Å². The molecular formula is C33H57NO3. The van der Waals surface area contributed by atoms with Gasteiger partial charge in [0.2, 0.25) is 5.91 Å². The van der Waals surface area contributed by atoms with Crippen molar-refractivity contribution in [3.05, 3.63) is 0 Å². The zero-order chi connectivity index (χ0) is 27.0. The fourth-order valence-electron chi connectivity index (χ4n) is 10.1. The fraction of sp³-hybridized carbons (Fsp3) is 0.939. The predicted octanol–water partition coefficient (Wildman–Crippen LogP) is 7.54. The van der Waals surface area contributed by atoms with Crippen LogP contribution in [0.4, 0.5) is 0 Å². The van der Waals surface area contributed by atoms with Crippen molar-refractivity contribution in [3.8, 4) is 0 Å². The third-order valence-electron chi connectivity index (χ3n) is 12.1. The number of hydrogen-bond donors (Lipinski definition) is 0. The highest BCUT2D eigenvalue weighted by atomic mass is 16.5. The molecule has 4 aliphatic carbocycles. The minimum atomic E-state index is -0.0759. The van der Waals surface area contributed by atoms with Crippen LogP contribution in [-0.2, 0) is 14.3 Å². The number of likely N-dealkylation sites (N-methyl/N-ethyl adjacent to an activating group) is 1. The van der Waals surface area contributed by atoms with E-state index in [1.807, 2.05) is 0 Å². The molecule has 5 unspecified atom stereocenters. The van der Waals surface area contributed by atoms with E-state index >= 15 is 0 Å². The monoisotopic (exact) mass is 515 g/mol. The van der Waals surface area contributed by atoms with Crippen molar-refractivity contribution in [3.63, 3.8) is 0 Å². The number of ketones is 1. The average molecular weight is 516 g/mol. The Morgan fingerprint density at radius 2 is 1.62 bits per heavy atom. The van der Waals surface area contributed by atoms with E-state index in [1.165, 1.54) is 76.0 Å². The summed E-state index contributed by atoms with van der Waals surface area (Å²) in [5, 5.41) is 0. The molecular weight excluding hydrogens is 458 g/mol. The van der Waals surface area contributed by atoms with Gasteiger partial charge in [-0.15, -0.1) is 0 Å². The maximum Gasteiger partial charge on any atom is 0.248 e. The number of nitrogens with zero attached hydrogens (tertiary/aromatic N) is 1. The quantitative estimate of drug-likeness (QED) is 0.302. The van der Waals surface area contributed by atoms with Gasteiger partial charge in [-0.25, -0.2) is 0 Å². The van der Waals surface area contributed by atoms with Crippen molar-refractivity contribution >= 4 is 11.7 Å². The van der Waals surface area contributed by atoms with E-state index in [0.717, 1.165) is 54.3 Å². The van der Waals surface area contributed by atoms with Crippen molar-refractivity contribution in [2.24, 2.45) is 52.3 Å². The molecule has 0 saturated heterocycles. The van der Waals surface area contributed by atoms with Gasteiger partial charge < -0.3 is 9.64 Å². The van der Waals surface area contributed by atoms with Crippen molar-refractivity contribution < 1.29 is 14.3 Å². The second-order valence-electron chi connectivity index (χ2n) is 14.8. The average Bonchev–Trinajstić information content (AvgIpc) is 3.19. The van der Waals surface area contributed by atoms with Crippen LogP contribution in [0, 0.1) is 52.3 Å². The molecule has 37 heavy (non-hydrogen) atoms. The van der Waals surface area contributed by atoms with Crippen molar-refractivity contribution in [2.45, 2.75) is 125 Å². The normalized spacial score (nSPS) is 40.0. The predicted molar refractivity (Wildman–Crippen MR) is 151 cm³/mol. The van der Waals surface area contributed by atoms with Crippen LogP contribution in [0.2, 0.25) is 0 Å². The highest BCUT2D eigenvalue weighted by Gasteiger charge is 2.60. The Balaban J connectivity index is 1.34. The Morgan fingerprint density at radius 1 is 0.919 bits per heavy atom. The molecule has 0 N–H and O–H groups in total. The number of ether oxygens (including phenoxy) is 1. The molecule has 4 nitrogen and oxygen atoms in total. The summed E-state index contributed by atoms with van der Waals surface area (Å²) < 4.78 is 6.15. The highest BCUT2D eigenvalue weighted by molar-refractivity contribution is 5.84. The first kappa shape index (κ1) is 29.1. The molecule has 4 saturated carbocycles. The molecule has 212 valence electrons. The SMILES string of the molecule is CC(=O)CN(C)C(=O)CO[C@H]1CC[C@@]2(C)C(CCC3C2CC[C@@]2(C)C3CC[C@@H]2C(C)CCCC(C)C)C1. The number of amides is 1. The van der Waals surface area contributed by atoms with Crippen LogP contribution in [0.1, 0.15) is 119 Å². The molecule has 0 bridgehead atoms. The van der Waals surface area contributed by atoms with Crippen LogP contribution in [0.15, 0.2) is 0 Å². The van der Waals surface area contributed by atoms with Crippen LogP contribution in [0.25, 0.3) is 0 Å². The Kier molecular flexibility index (Phi) is 9.19. The Hall–Kier alpha value is -0.900. The zero-order valence-corrected chi connectivity index (χ0v) is 25.2. The number of rotatable bonds is 10. The van der Waals surface area contributed by atoms with E-state index in [-0.39, 0.29) is 30.9 Å². The molecule has 0 aromatic rings. The zero-order valence-electron chi connectivity index (χ0n) is 25.2. The second kappa shape index (κ2) is 11.7. The van der Waals surface area contributed by atoms with Gasteiger partial charge >= 0.3 is 0 Å². The molecule has 0 spiro atoms. The Bertz CT molecular complexity index is 809. The fourth-order valence-corrected chi connectivity index (χ4v) is 10.1. The molecule has 4 fully saturated rings. The number of fused-ring (bicyclic) bond motifs is 5. The van der Waals surface area contributed by atoms with Gasteiger partial charge in [-0.3, -0.25) is 9.59 Å². The topological polar surface area (TPSA) is 46.6 Å². The highest BCUT2D eigenvalue weighted by Crippen LogP contribution is 2.68. The minimum Gasteiger partial charge on any atom is -0.368 e. The van der Waals surface area contributed by atoms with Gasteiger partial charge in [-0.2, -0.15) is 0 Å². The third-order valence-corrected chi connectivity index (χ3v) is 12.1. The molecule has 0 aromatic carbocycles. The summed E-state index contributed by atoms with van der Waals surface area (Å²) in [6.45, 7) is 14.4. The molecule has 4 rings (SSSR count). The van der Waals surface area contributed by atoms with Crippen LogP contribution < -0.4 is 0 Å². The largest absolute Gasteiger partial charge is 0.368 e. The van der Waals surface area contributed by atoms with Crippen molar-refractivity contribution in [1.82, 2.24) is 4.90 Å². The molecule has 0 aromatic heterocycles. The molecule has 4 heteroatoms. The van der Waals surface area contributed by atoms with Crippen LogP contribution in [0.3, 0.4) is 0 Å². The van der Waals surface area contributed by atoms with Gasteiger partial charge in [0.1, 0.15) is 12.4 Å². The second-order valence-corrected chi connectivity index (χ2v) is 14.8. The maximum atomic E-state index is 12.4. The first-order valence-corrected chi connectivity index (χ1v) is 15.8. The van der Waals surface area contributed by atoms with Crippen LogP contribution in [0.5, 0.6) is 0 Å². The number of Topliss-reactive ketones (excluding diaryl/α,β-unsaturated/α-hetero) is 1. The smallest absolute Gasteiger partial charge is 0.248 e. The van der Waals surface area contributed by atoms with Gasteiger partial charge in [-0.1, -0.05) is 53.9 Å². The number of carbonyl (C=O) groups excluding carboxylic acids is 2. The number of carbonyl (C=O) groups is 2. The van der Waals surface area contributed by atoms with Crippen LogP contribution in [-0.4, -0.2) is 42.9 Å². The first-order valence-electron chi connectivity index (χ1n) is 15.8. The lowest BCUT2D eigenvalue weighted by Crippen LogP contribution is -2.54. The molecule has 0 aliphatic heterocycles. The summed E-state index contributed by atoms with van der Waals surface area (Å²) in [6, 6.07) is 0. The first-order chi connectivity index (χ1) is 17.5. The molecule has 4 aliphatic rings. The standard InChI is InChI=1S/C33H57NO3/c1-22(2)9-8-10-23(3)28-13-14-29-27-12-11-25-19-26(37-21-31(36)34(7)20-24(4)35)15-17-32(25,5)30(27)16-18-33(28,29)6/h22-23,25-30H,8-21H2,1-7H3/t23?,25?,26-,27?,28+,29?,30?,32-,33+/m0/s1. The van der Waals surface area contributed by atoms with E-state index < -0.39 is 0 Å². The van der Waals surface area contributed by atoms with E-state index in [1.54, 1.807) is 7.05 Å². The Morgan fingerprint density at radius 3 is 2.32 bits per heavy atom. The molecule has 0 radical (unpaired) electrons. The van der Waals surface area contributed by atoms with Gasteiger partial charge in [-0.05, 0) is 117 Å². The van der Waals surface area contributed by atoms with Gasteiger partial charge in [0.15, 0.2) is 0 Å². The third kappa shape index (κ3) is 5.99. The summed E-state index contributed by atoms with van der Waals surface area (Å²) in [7, 11) is 1.70. The van der Waals surface area contributed by atoms with Gasteiger partial charge in [0.25, 0.3) is 0 Å². The summed E-state index contributed by atoms with van der Waals surface area (Å²) in [6.07, 6.45) is 16.4. The van der Waals surface area contributed by atoms with Crippen molar-refractivity contribution in [1.29, 1.82) is 0 Å². The Labute approximate surface area is 228 Å². The summed E-state index contributed by atoms with van der Waals surface area (Å²) in [5.41, 5.74) is 1.01. The van der Waals surface area contributed by atoms with E-state index in [0.29, 0.717) is 10.8 Å². The lowest BCUT2D eigenvalue weighted by molar-refractivity contribution is -0.149. The van der Waals surface area contributed by atoms with Crippen LogP contribution >= 0.6 is 0 Å². The van der Waals surface area contributed by atoms with E-state index in [2.05, 4.69) is 34.6 Å². The number of hydrogen-bond acceptors (Lipinski definition) is 3. The molecule has 0 heterocycles. The lowest BCUT2D eigenvalue weighted by atomic mass is 9.44. The summed E-state index contributed by atoms with van der Waals surface area (Å²) in [5.74, 6) is 6.04. The van der Waals surface area contributed by atoms with Gasteiger partial charge in [0.05, 0.1) is 12.6 Å². The molecule has 9 atom stereocenters. The van der Waals surface area contributed by atoms with Gasteiger partial charge in [0, 0.05) is 7.05 Å². The lowest BCUT2D eigenvalue weighted by Gasteiger charge is -2.61. The molecule has 1 amide bonds. The maximum absolute atomic E-state index is 12.4. The summed E-state index contributed by atoms with van der Waals surface area (Å²) >= 11 is 0.